The molecule has 0 amide bonds. The molecule has 2 rings (SSSR count). The van der Waals surface area contributed by atoms with Crippen molar-refractivity contribution in [3.63, 3.8) is 0 Å². The van der Waals surface area contributed by atoms with E-state index in [1.807, 2.05) is 0 Å². The molecule has 0 spiro atoms. The van der Waals surface area contributed by atoms with Crippen molar-refractivity contribution in [1.82, 2.24) is 0 Å². The lowest BCUT2D eigenvalue weighted by Crippen LogP contribution is -2.41. The lowest BCUT2D eigenvalue weighted by Gasteiger charge is -2.32. The first-order valence-electron chi connectivity index (χ1n) is 7.89. The van der Waals surface area contributed by atoms with Crippen LogP contribution in [0.1, 0.15) is 59.6 Å². The van der Waals surface area contributed by atoms with Gasteiger partial charge in [-0.3, -0.25) is 0 Å². The zero-order valence-corrected chi connectivity index (χ0v) is 15.2. The largest absolute Gasteiger partial charge is 0.494 e. The Balaban J connectivity index is 0.000000491. The highest BCUT2D eigenvalue weighted by molar-refractivity contribution is 6.62. The fourth-order valence-corrected chi connectivity index (χ4v) is 1.89. The van der Waals surface area contributed by atoms with Crippen LogP contribution in [-0.2, 0) is 9.31 Å². The van der Waals surface area contributed by atoms with Gasteiger partial charge in [0, 0.05) is 0 Å². The van der Waals surface area contributed by atoms with Crippen molar-refractivity contribution in [2.24, 2.45) is 5.92 Å². The molecule has 0 N–H and O–H groups in total. The maximum absolute atomic E-state index is 6.02. The maximum atomic E-state index is 6.02. The fourth-order valence-electron chi connectivity index (χ4n) is 1.89. The van der Waals surface area contributed by atoms with Crippen LogP contribution in [0.15, 0.2) is 18.2 Å². The van der Waals surface area contributed by atoms with Gasteiger partial charge in [0.15, 0.2) is 0 Å². The van der Waals surface area contributed by atoms with E-state index in [1.54, 1.807) is 0 Å². The summed E-state index contributed by atoms with van der Waals surface area (Å²) in [6.07, 6.45) is 0. The third-order valence-electron chi connectivity index (χ3n) is 4.06. The number of hydrogen-bond acceptors (Lipinski definition) is 2. The van der Waals surface area contributed by atoms with E-state index in [0.29, 0.717) is 0 Å². The van der Waals surface area contributed by atoms with Crippen molar-refractivity contribution in [1.29, 1.82) is 0 Å². The predicted octanol–water partition coefficient (Wildman–Crippen LogP) is 4.26. The highest BCUT2D eigenvalue weighted by atomic mass is 16.7. The second kappa shape index (κ2) is 6.54. The quantitative estimate of drug-likeness (QED) is 0.719. The molecular weight excluding hydrogens is 259 g/mol. The summed E-state index contributed by atoms with van der Waals surface area (Å²) in [6, 6.07) is 6.36. The van der Waals surface area contributed by atoms with Crippen LogP contribution >= 0.6 is 0 Å². The molecule has 2 nitrogen and oxygen atoms in total. The van der Waals surface area contributed by atoms with E-state index in [9.17, 15) is 0 Å². The van der Waals surface area contributed by atoms with E-state index < -0.39 is 0 Å². The van der Waals surface area contributed by atoms with Gasteiger partial charge in [-0.25, -0.2) is 0 Å². The third-order valence-corrected chi connectivity index (χ3v) is 4.06. The normalized spacial score (nSPS) is 19.4. The summed E-state index contributed by atoms with van der Waals surface area (Å²) < 4.78 is 12.0. The van der Waals surface area contributed by atoms with Gasteiger partial charge < -0.3 is 9.31 Å². The molecule has 0 aliphatic carbocycles. The number of benzene rings is 1. The molecule has 1 aliphatic heterocycles. The molecule has 1 aliphatic rings. The van der Waals surface area contributed by atoms with Crippen LogP contribution < -0.4 is 5.46 Å². The monoisotopic (exact) mass is 290 g/mol. The molecular formula is C18H31BO2. The first kappa shape index (κ1) is 18.3. The Morgan fingerprint density at radius 3 is 1.67 bits per heavy atom. The van der Waals surface area contributed by atoms with Gasteiger partial charge in [0.1, 0.15) is 0 Å². The lowest BCUT2D eigenvalue weighted by molar-refractivity contribution is 0.00578. The average molecular weight is 290 g/mol. The molecule has 0 aromatic heterocycles. The van der Waals surface area contributed by atoms with Crippen molar-refractivity contribution in [2.75, 3.05) is 0 Å². The van der Waals surface area contributed by atoms with Gasteiger partial charge in [-0.2, -0.15) is 0 Å². The van der Waals surface area contributed by atoms with E-state index in [-0.39, 0.29) is 18.3 Å². The SMILES string of the molecule is CC(C)C.Cc1ccc(B2OC(C)(C)C(C)(C)O2)cc1C. The molecule has 1 aromatic carbocycles. The van der Waals surface area contributed by atoms with E-state index in [0.717, 1.165) is 11.4 Å². The van der Waals surface area contributed by atoms with Crippen molar-refractivity contribution in [2.45, 2.75) is 73.5 Å². The average Bonchev–Trinajstić information content (AvgIpc) is 2.51. The molecule has 1 heterocycles. The Kier molecular flexibility index (Phi) is 5.68. The van der Waals surface area contributed by atoms with Gasteiger partial charge in [-0.1, -0.05) is 39.0 Å². The van der Waals surface area contributed by atoms with Gasteiger partial charge in [-0.05, 0) is 64.1 Å². The summed E-state index contributed by atoms with van der Waals surface area (Å²) >= 11 is 0. The van der Waals surface area contributed by atoms with Crippen LogP contribution in [0.2, 0.25) is 0 Å². The van der Waals surface area contributed by atoms with Crippen LogP contribution in [0.25, 0.3) is 0 Å². The van der Waals surface area contributed by atoms with Gasteiger partial charge in [0.25, 0.3) is 0 Å². The summed E-state index contributed by atoms with van der Waals surface area (Å²) in [5.41, 5.74) is 3.14. The molecule has 0 radical (unpaired) electrons. The van der Waals surface area contributed by atoms with Crippen LogP contribution in [0.3, 0.4) is 0 Å². The zero-order chi connectivity index (χ0) is 16.4. The molecule has 0 unspecified atom stereocenters. The van der Waals surface area contributed by atoms with Crippen molar-refractivity contribution < 1.29 is 9.31 Å². The lowest BCUT2D eigenvalue weighted by atomic mass is 9.78. The molecule has 118 valence electrons. The zero-order valence-electron chi connectivity index (χ0n) is 15.2. The highest BCUT2D eigenvalue weighted by Gasteiger charge is 2.51. The Bertz CT molecular complexity index is 459. The van der Waals surface area contributed by atoms with Crippen LogP contribution in [-0.4, -0.2) is 18.3 Å². The summed E-state index contributed by atoms with van der Waals surface area (Å²) in [4.78, 5) is 0. The minimum atomic E-state index is -0.267. The first-order chi connectivity index (χ1) is 9.46. The van der Waals surface area contributed by atoms with Crippen LogP contribution in [0, 0.1) is 19.8 Å². The van der Waals surface area contributed by atoms with E-state index in [4.69, 9.17) is 9.31 Å². The fraction of sp³-hybridized carbons (Fsp3) is 0.667. The molecule has 1 aromatic rings. The summed E-state index contributed by atoms with van der Waals surface area (Å²) in [6.45, 7) is 19.0. The molecule has 0 atom stereocenters. The second-order valence-corrected chi connectivity index (χ2v) is 7.66. The van der Waals surface area contributed by atoms with Gasteiger partial charge in [-0.15, -0.1) is 0 Å². The Labute approximate surface area is 131 Å². The first-order valence-corrected chi connectivity index (χ1v) is 7.89. The van der Waals surface area contributed by atoms with Crippen LogP contribution in [0.5, 0.6) is 0 Å². The molecule has 21 heavy (non-hydrogen) atoms. The minimum absolute atomic E-state index is 0.251. The van der Waals surface area contributed by atoms with Crippen molar-refractivity contribution in [3.05, 3.63) is 29.3 Å². The predicted molar refractivity (Wildman–Crippen MR) is 92.1 cm³/mol. The second-order valence-electron chi connectivity index (χ2n) is 7.66. The molecule has 1 saturated heterocycles. The highest BCUT2D eigenvalue weighted by Crippen LogP contribution is 2.36. The molecule has 1 fully saturated rings. The number of rotatable bonds is 1. The minimum Gasteiger partial charge on any atom is -0.399 e. The van der Waals surface area contributed by atoms with Crippen molar-refractivity contribution >= 4 is 12.6 Å². The summed E-state index contributed by atoms with van der Waals surface area (Å²) in [5, 5.41) is 0. The van der Waals surface area contributed by atoms with Gasteiger partial charge >= 0.3 is 7.12 Å². The topological polar surface area (TPSA) is 18.5 Å². The Morgan fingerprint density at radius 2 is 1.29 bits per heavy atom. The van der Waals surface area contributed by atoms with E-state index >= 15 is 0 Å². The standard InChI is InChI=1S/C14H21BO2.C4H10/c1-10-7-8-12(9-11(10)2)15-16-13(3,4)14(5,6)17-15;1-4(2)3/h7-9H,1-6H3;4H,1-3H3. The summed E-state index contributed by atoms with van der Waals surface area (Å²) in [7, 11) is -0.251. The van der Waals surface area contributed by atoms with Gasteiger partial charge in [0.2, 0.25) is 0 Å². The summed E-state index contributed by atoms with van der Waals surface area (Å²) in [5.74, 6) is 0.833. The van der Waals surface area contributed by atoms with Gasteiger partial charge in [0.05, 0.1) is 11.2 Å². The smallest absolute Gasteiger partial charge is 0.399 e. The number of hydrogen-bond donors (Lipinski definition) is 0. The van der Waals surface area contributed by atoms with E-state index in [1.165, 1.54) is 11.1 Å². The maximum Gasteiger partial charge on any atom is 0.494 e. The van der Waals surface area contributed by atoms with Crippen LogP contribution in [0.4, 0.5) is 0 Å². The molecule has 0 saturated carbocycles. The van der Waals surface area contributed by atoms with Crippen molar-refractivity contribution in [3.8, 4) is 0 Å². The Hall–Kier alpha value is -0.795. The molecule has 0 bridgehead atoms. The Morgan fingerprint density at radius 1 is 0.857 bits per heavy atom. The number of aryl methyl sites for hydroxylation is 2. The third kappa shape index (κ3) is 4.59. The van der Waals surface area contributed by atoms with E-state index in [2.05, 4.69) is 80.5 Å². The molecule has 3 heteroatoms.